The fraction of sp³-hybridized carbons (Fsp3) is 0.217. The zero-order chi connectivity index (χ0) is 22.1. The van der Waals surface area contributed by atoms with Crippen LogP contribution in [0.25, 0.3) is 22.0 Å². The minimum absolute atomic E-state index is 0. The standard InChI is InChI=1S/C23H21N3O5.ClH/c24-10-3-11-26-21-15-4-1-2-5-16(15)22(30)20(21)14-7-6-13(12-17(14)23(26)31)25-18(27)8-9-19(28)29;/h1-2,4-7,12H,3,8-11,24H2,(H,25,27)(H,28,29);1H. The van der Waals surface area contributed by atoms with Gasteiger partial charge in [-0.15, -0.1) is 12.4 Å². The Labute approximate surface area is 189 Å². The summed E-state index contributed by atoms with van der Waals surface area (Å²) in [5.41, 5.74) is 8.11. The lowest BCUT2D eigenvalue weighted by Crippen LogP contribution is -2.24. The van der Waals surface area contributed by atoms with Crippen LogP contribution in [0, 0.1) is 0 Å². The number of rotatable bonds is 7. The number of benzene rings is 2. The zero-order valence-electron chi connectivity index (χ0n) is 17.1. The second kappa shape index (κ2) is 9.33. The van der Waals surface area contributed by atoms with E-state index in [0.717, 1.165) is 5.56 Å². The number of anilines is 1. The van der Waals surface area contributed by atoms with Gasteiger partial charge in [0.05, 0.1) is 23.1 Å². The molecule has 166 valence electrons. The number of hydrogen-bond acceptors (Lipinski definition) is 5. The number of pyridine rings is 1. The van der Waals surface area contributed by atoms with E-state index in [4.69, 9.17) is 10.8 Å². The van der Waals surface area contributed by atoms with Crippen molar-refractivity contribution in [3.63, 3.8) is 0 Å². The van der Waals surface area contributed by atoms with Crippen molar-refractivity contribution in [2.75, 3.05) is 11.9 Å². The second-order valence-corrected chi connectivity index (χ2v) is 7.40. The number of hydrogen-bond donors (Lipinski definition) is 3. The molecular formula is C23H22ClN3O5. The Hall–Kier alpha value is -3.49. The van der Waals surface area contributed by atoms with Gasteiger partial charge in [0, 0.05) is 35.2 Å². The van der Waals surface area contributed by atoms with Crippen LogP contribution < -0.4 is 16.6 Å². The van der Waals surface area contributed by atoms with E-state index >= 15 is 0 Å². The molecule has 0 radical (unpaired) electrons. The van der Waals surface area contributed by atoms with Gasteiger partial charge in [0.2, 0.25) is 5.91 Å². The highest BCUT2D eigenvalue weighted by Crippen LogP contribution is 2.39. The molecule has 1 aromatic heterocycles. The van der Waals surface area contributed by atoms with Crippen LogP contribution >= 0.6 is 12.4 Å². The summed E-state index contributed by atoms with van der Waals surface area (Å²) in [5, 5.41) is 12.2. The van der Waals surface area contributed by atoms with Crippen molar-refractivity contribution < 1.29 is 19.5 Å². The number of carboxylic acids is 1. The third-order valence-electron chi connectivity index (χ3n) is 5.36. The molecular weight excluding hydrogens is 434 g/mol. The van der Waals surface area contributed by atoms with E-state index in [1.54, 1.807) is 28.8 Å². The molecule has 4 N–H and O–H groups in total. The highest BCUT2D eigenvalue weighted by atomic mass is 35.5. The Kier molecular flexibility index (Phi) is 6.76. The van der Waals surface area contributed by atoms with Crippen molar-refractivity contribution >= 4 is 46.5 Å². The van der Waals surface area contributed by atoms with Crippen molar-refractivity contribution in [3.05, 3.63) is 63.9 Å². The number of carboxylic acid groups (broad SMARTS) is 1. The van der Waals surface area contributed by atoms with E-state index < -0.39 is 11.9 Å². The van der Waals surface area contributed by atoms with Crippen molar-refractivity contribution in [1.29, 1.82) is 0 Å². The monoisotopic (exact) mass is 455 g/mol. The number of nitrogens with two attached hydrogens (primary N) is 1. The quantitative estimate of drug-likeness (QED) is 0.392. The predicted molar refractivity (Wildman–Crippen MR) is 123 cm³/mol. The van der Waals surface area contributed by atoms with Crippen LogP contribution in [-0.2, 0) is 16.1 Å². The lowest BCUT2D eigenvalue weighted by Gasteiger charge is -2.15. The van der Waals surface area contributed by atoms with Gasteiger partial charge in [0.1, 0.15) is 0 Å². The van der Waals surface area contributed by atoms with Gasteiger partial charge in [-0.25, -0.2) is 0 Å². The Morgan fingerprint density at radius 3 is 2.41 bits per heavy atom. The molecule has 0 unspecified atom stereocenters. The van der Waals surface area contributed by atoms with Gasteiger partial charge in [0.25, 0.3) is 5.56 Å². The first-order valence-corrected chi connectivity index (χ1v) is 9.98. The molecule has 9 heteroatoms. The van der Waals surface area contributed by atoms with Crippen molar-refractivity contribution in [2.24, 2.45) is 5.73 Å². The average molecular weight is 456 g/mol. The molecule has 0 spiro atoms. The first-order valence-electron chi connectivity index (χ1n) is 9.98. The van der Waals surface area contributed by atoms with Gasteiger partial charge in [-0.05, 0) is 25.1 Å². The lowest BCUT2D eigenvalue weighted by atomic mass is 10.0. The van der Waals surface area contributed by atoms with Crippen LogP contribution in [0.15, 0.2) is 47.3 Å². The number of nitrogens with zero attached hydrogens (tertiary/aromatic N) is 1. The molecule has 3 aromatic rings. The van der Waals surface area contributed by atoms with Gasteiger partial charge in [0.15, 0.2) is 5.78 Å². The van der Waals surface area contributed by atoms with E-state index in [0.29, 0.717) is 52.8 Å². The van der Waals surface area contributed by atoms with Gasteiger partial charge in [-0.2, -0.15) is 0 Å². The van der Waals surface area contributed by atoms with Crippen LogP contribution in [0.4, 0.5) is 5.69 Å². The van der Waals surface area contributed by atoms with Gasteiger partial charge >= 0.3 is 5.97 Å². The normalized spacial score (nSPS) is 11.6. The molecule has 0 saturated heterocycles. The molecule has 0 fully saturated rings. The number of nitrogens with one attached hydrogen (secondary N) is 1. The Bertz CT molecular complexity index is 1300. The van der Waals surface area contributed by atoms with Crippen LogP contribution in [0.3, 0.4) is 0 Å². The smallest absolute Gasteiger partial charge is 0.303 e. The van der Waals surface area contributed by atoms with Crippen molar-refractivity contribution in [2.45, 2.75) is 25.8 Å². The van der Waals surface area contributed by atoms with Crippen LogP contribution in [0.2, 0.25) is 0 Å². The number of carbonyl (C=O) groups excluding carboxylic acids is 2. The highest BCUT2D eigenvalue weighted by Gasteiger charge is 2.32. The minimum Gasteiger partial charge on any atom is -0.481 e. The number of halogens is 1. The number of carbonyl (C=O) groups is 3. The fourth-order valence-corrected chi connectivity index (χ4v) is 3.97. The summed E-state index contributed by atoms with van der Waals surface area (Å²) in [6.45, 7) is 0.763. The zero-order valence-corrected chi connectivity index (χ0v) is 17.9. The van der Waals surface area contributed by atoms with E-state index in [-0.39, 0.29) is 36.6 Å². The van der Waals surface area contributed by atoms with Crippen LogP contribution in [0.5, 0.6) is 0 Å². The SMILES string of the molecule is Cl.NCCCn1c2c(c3ccc(NC(=O)CCC(=O)O)cc3c1=O)C(=O)c1ccccc1-2. The predicted octanol–water partition coefficient (Wildman–Crippen LogP) is 2.79. The van der Waals surface area contributed by atoms with E-state index in [9.17, 15) is 19.2 Å². The first-order chi connectivity index (χ1) is 14.9. The molecule has 4 rings (SSSR count). The number of ketones is 1. The van der Waals surface area contributed by atoms with Crippen molar-refractivity contribution in [3.8, 4) is 11.3 Å². The molecule has 2 aromatic carbocycles. The molecule has 0 aliphatic heterocycles. The summed E-state index contributed by atoms with van der Waals surface area (Å²) in [6.07, 6.45) is 0.109. The summed E-state index contributed by atoms with van der Waals surface area (Å²) < 4.78 is 1.59. The molecule has 1 amide bonds. The molecule has 1 heterocycles. The average Bonchev–Trinajstić information content (AvgIpc) is 3.05. The van der Waals surface area contributed by atoms with E-state index in [1.165, 1.54) is 6.07 Å². The topological polar surface area (TPSA) is 131 Å². The molecule has 1 aliphatic carbocycles. The maximum absolute atomic E-state index is 13.4. The third-order valence-corrected chi connectivity index (χ3v) is 5.36. The Morgan fingerprint density at radius 1 is 1.00 bits per heavy atom. The summed E-state index contributed by atoms with van der Waals surface area (Å²) in [6, 6.07) is 12.0. The fourth-order valence-electron chi connectivity index (χ4n) is 3.97. The maximum Gasteiger partial charge on any atom is 0.303 e. The molecule has 8 nitrogen and oxygen atoms in total. The van der Waals surface area contributed by atoms with Crippen LogP contribution in [0.1, 0.15) is 35.2 Å². The van der Waals surface area contributed by atoms with Crippen molar-refractivity contribution in [1.82, 2.24) is 4.57 Å². The largest absolute Gasteiger partial charge is 0.481 e. The van der Waals surface area contributed by atoms with Crippen LogP contribution in [-0.4, -0.2) is 33.9 Å². The number of aromatic nitrogens is 1. The third kappa shape index (κ3) is 4.02. The molecule has 1 aliphatic rings. The summed E-state index contributed by atoms with van der Waals surface area (Å²) >= 11 is 0. The summed E-state index contributed by atoms with van der Waals surface area (Å²) in [5.74, 6) is -1.67. The lowest BCUT2D eigenvalue weighted by molar-refractivity contribution is -0.138. The number of aliphatic carboxylic acids is 1. The summed E-state index contributed by atoms with van der Waals surface area (Å²) in [7, 11) is 0. The first kappa shape index (κ1) is 23.2. The Balaban J connectivity index is 0.00000289. The maximum atomic E-state index is 13.4. The molecule has 32 heavy (non-hydrogen) atoms. The molecule has 0 saturated carbocycles. The second-order valence-electron chi connectivity index (χ2n) is 7.40. The highest BCUT2D eigenvalue weighted by molar-refractivity contribution is 6.26. The Morgan fingerprint density at radius 2 is 1.72 bits per heavy atom. The van der Waals surface area contributed by atoms with Gasteiger partial charge in [-0.3, -0.25) is 19.2 Å². The number of fused-ring (bicyclic) bond motifs is 5. The van der Waals surface area contributed by atoms with E-state index in [2.05, 4.69) is 5.32 Å². The minimum atomic E-state index is -1.06. The number of amides is 1. The summed E-state index contributed by atoms with van der Waals surface area (Å²) in [4.78, 5) is 49.2. The molecule has 0 atom stereocenters. The molecule has 0 bridgehead atoms. The van der Waals surface area contributed by atoms with Gasteiger partial charge < -0.3 is 20.7 Å². The van der Waals surface area contributed by atoms with E-state index in [1.807, 2.05) is 12.1 Å². The van der Waals surface area contributed by atoms with Gasteiger partial charge in [-0.1, -0.05) is 30.3 Å².